The molecule has 6 heteroatoms. The first-order valence-electron chi connectivity index (χ1n) is 22.6. The third-order valence-electron chi connectivity index (χ3n) is 10.8. The van der Waals surface area contributed by atoms with Gasteiger partial charge in [0.25, 0.3) is 0 Å². The van der Waals surface area contributed by atoms with Crippen LogP contribution < -0.4 is 0 Å². The number of quaternary nitrogens is 2. The summed E-state index contributed by atoms with van der Waals surface area (Å²) in [5.41, 5.74) is -0.280. The molecule has 6 nitrogen and oxygen atoms in total. The molecule has 0 aromatic rings. The highest BCUT2D eigenvalue weighted by Gasteiger charge is 2.33. The van der Waals surface area contributed by atoms with Crippen molar-refractivity contribution >= 4 is 0 Å². The third kappa shape index (κ3) is 34.0. The van der Waals surface area contributed by atoms with Crippen molar-refractivity contribution in [3.8, 4) is 0 Å². The highest BCUT2D eigenvalue weighted by Crippen LogP contribution is 2.22. The minimum absolute atomic E-state index is 0.280. The Bertz CT molecular complexity index is 644. The second-order valence-electron chi connectivity index (χ2n) is 17.5. The van der Waals surface area contributed by atoms with Gasteiger partial charge in [0.2, 0.25) is 0 Å². The zero-order valence-electron chi connectivity index (χ0n) is 36.5. The summed E-state index contributed by atoms with van der Waals surface area (Å²) in [6.45, 7) is 19.3. The van der Waals surface area contributed by atoms with E-state index in [1.807, 2.05) is 0 Å². The molecule has 0 N–H and O–H groups in total. The normalized spacial score (nSPS) is 12.7. The molecule has 0 amide bonds. The Kier molecular flexibility index (Phi) is 35.3. The fourth-order valence-electron chi connectivity index (χ4n) is 6.81. The van der Waals surface area contributed by atoms with Gasteiger partial charge in [0.05, 0.1) is 86.3 Å². The molecule has 0 unspecified atom stereocenters. The molecule has 0 aliphatic heterocycles. The van der Waals surface area contributed by atoms with Gasteiger partial charge in [-0.15, -0.1) is 0 Å². The molecule has 0 saturated carbocycles. The summed E-state index contributed by atoms with van der Waals surface area (Å²) in [7, 11) is 9.33. The van der Waals surface area contributed by atoms with Gasteiger partial charge in [0.15, 0.2) is 0 Å². The summed E-state index contributed by atoms with van der Waals surface area (Å²) in [6, 6.07) is 0. The zero-order valence-corrected chi connectivity index (χ0v) is 36.5. The maximum atomic E-state index is 6.52. The van der Waals surface area contributed by atoms with Crippen LogP contribution >= 0.6 is 0 Å². The van der Waals surface area contributed by atoms with Crippen LogP contribution in [0.3, 0.4) is 0 Å². The van der Waals surface area contributed by atoms with E-state index in [0.717, 1.165) is 61.3 Å². The van der Waals surface area contributed by atoms with E-state index in [1.165, 1.54) is 154 Å². The Labute approximate surface area is 321 Å². The number of nitrogens with zero attached hydrogens (tertiary/aromatic N) is 2. The summed E-state index contributed by atoms with van der Waals surface area (Å²) in [5, 5.41) is 0. The predicted octanol–water partition coefficient (Wildman–Crippen LogP) is 11.6. The minimum atomic E-state index is -0.280. The second-order valence-corrected chi connectivity index (χ2v) is 17.5. The Morgan fingerprint density at radius 2 is 0.549 bits per heavy atom. The summed E-state index contributed by atoms with van der Waals surface area (Å²) in [4.78, 5) is 0. The van der Waals surface area contributed by atoms with Crippen LogP contribution in [-0.4, -0.2) is 116 Å². The maximum absolute atomic E-state index is 6.52. The summed E-state index contributed by atoms with van der Waals surface area (Å²) in [6.07, 6.45) is 31.9. The second kappa shape index (κ2) is 35.5. The molecule has 0 fully saturated rings. The van der Waals surface area contributed by atoms with E-state index < -0.39 is 0 Å². The third-order valence-corrected chi connectivity index (χ3v) is 10.8. The Morgan fingerprint density at radius 1 is 0.294 bits per heavy atom. The molecular weight excluding hydrogens is 633 g/mol. The van der Waals surface area contributed by atoms with Gasteiger partial charge in [-0.05, 0) is 25.7 Å². The largest absolute Gasteiger partial charge is 0.381 e. The van der Waals surface area contributed by atoms with Gasteiger partial charge in [-0.3, -0.25) is 0 Å². The standard InChI is InChI=1S/C45H96N2O4/c1-9-13-17-19-21-23-25-27-29-31-37-48-41-45(43-50-39-35-46(5,6)33-15-11-3,44-51-40-36-47(7,8)34-16-12-4)42-49-38-32-30-28-26-24-22-20-18-14-10-2/h9-44H2,1-8H3/q+2. The minimum Gasteiger partial charge on any atom is -0.381 e. The van der Waals surface area contributed by atoms with Crippen LogP contribution in [-0.2, 0) is 18.9 Å². The molecule has 0 saturated heterocycles. The lowest BCUT2D eigenvalue weighted by atomic mass is 9.92. The first-order valence-corrected chi connectivity index (χ1v) is 22.6. The van der Waals surface area contributed by atoms with Crippen LogP contribution in [0.1, 0.15) is 182 Å². The zero-order chi connectivity index (χ0) is 37.8. The summed E-state index contributed by atoms with van der Waals surface area (Å²) < 4.78 is 28.0. The quantitative estimate of drug-likeness (QED) is 0.0463. The number of unbranched alkanes of at least 4 members (excludes halogenated alkanes) is 20. The van der Waals surface area contributed by atoms with E-state index in [1.54, 1.807) is 0 Å². The molecule has 0 heterocycles. The van der Waals surface area contributed by atoms with Gasteiger partial charge in [-0.25, -0.2) is 0 Å². The van der Waals surface area contributed by atoms with Gasteiger partial charge in [0.1, 0.15) is 13.1 Å². The fraction of sp³-hybridized carbons (Fsp3) is 1.00. The molecule has 0 atom stereocenters. The number of hydrogen-bond donors (Lipinski definition) is 0. The van der Waals surface area contributed by atoms with Crippen molar-refractivity contribution < 1.29 is 27.9 Å². The van der Waals surface area contributed by atoms with Crippen LogP contribution in [0.5, 0.6) is 0 Å². The highest BCUT2D eigenvalue weighted by molar-refractivity contribution is 4.79. The van der Waals surface area contributed by atoms with Crippen LogP contribution in [0, 0.1) is 5.41 Å². The van der Waals surface area contributed by atoms with Crippen LogP contribution in [0.25, 0.3) is 0 Å². The smallest absolute Gasteiger partial charge is 0.102 e. The predicted molar refractivity (Wildman–Crippen MR) is 223 cm³/mol. The van der Waals surface area contributed by atoms with Crippen molar-refractivity contribution in [1.82, 2.24) is 0 Å². The van der Waals surface area contributed by atoms with E-state index in [-0.39, 0.29) is 5.41 Å². The van der Waals surface area contributed by atoms with E-state index in [0.29, 0.717) is 26.4 Å². The molecule has 0 rings (SSSR count). The van der Waals surface area contributed by atoms with E-state index in [2.05, 4.69) is 55.9 Å². The number of hydrogen-bond acceptors (Lipinski definition) is 4. The van der Waals surface area contributed by atoms with Crippen molar-refractivity contribution in [2.24, 2.45) is 5.41 Å². The Hall–Kier alpha value is -0.240. The number of rotatable bonds is 42. The average Bonchev–Trinajstić information content (AvgIpc) is 3.11. The van der Waals surface area contributed by atoms with E-state index >= 15 is 0 Å². The van der Waals surface area contributed by atoms with E-state index in [4.69, 9.17) is 18.9 Å². The fourth-order valence-corrected chi connectivity index (χ4v) is 6.81. The van der Waals surface area contributed by atoms with Crippen molar-refractivity contribution in [3.05, 3.63) is 0 Å². The maximum Gasteiger partial charge on any atom is 0.102 e. The van der Waals surface area contributed by atoms with Crippen LogP contribution in [0.4, 0.5) is 0 Å². The summed E-state index contributed by atoms with van der Waals surface area (Å²) >= 11 is 0. The van der Waals surface area contributed by atoms with Gasteiger partial charge in [-0.1, -0.05) is 156 Å². The lowest BCUT2D eigenvalue weighted by Crippen LogP contribution is -2.46. The van der Waals surface area contributed by atoms with Gasteiger partial charge in [-0.2, -0.15) is 0 Å². The molecule has 0 aliphatic carbocycles. The topological polar surface area (TPSA) is 36.9 Å². The molecular formula is C45H96N2O4+2. The molecule has 0 aromatic carbocycles. The summed E-state index contributed by atoms with van der Waals surface area (Å²) in [5.74, 6) is 0. The van der Waals surface area contributed by atoms with Crippen molar-refractivity contribution in [2.75, 3.05) is 107 Å². The van der Waals surface area contributed by atoms with Gasteiger partial charge < -0.3 is 27.9 Å². The molecule has 0 aromatic heterocycles. The van der Waals surface area contributed by atoms with Gasteiger partial charge in [0, 0.05) is 13.2 Å². The lowest BCUT2D eigenvalue weighted by molar-refractivity contribution is -0.891. The highest BCUT2D eigenvalue weighted by atomic mass is 16.5. The molecule has 51 heavy (non-hydrogen) atoms. The van der Waals surface area contributed by atoms with Crippen molar-refractivity contribution in [3.63, 3.8) is 0 Å². The molecule has 0 spiro atoms. The first-order chi connectivity index (χ1) is 24.7. The van der Waals surface area contributed by atoms with E-state index in [9.17, 15) is 0 Å². The number of ether oxygens (including phenoxy) is 4. The first kappa shape index (κ1) is 50.8. The molecule has 0 aliphatic rings. The number of likely N-dealkylation sites (N-methyl/N-ethyl adjacent to an activating group) is 2. The van der Waals surface area contributed by atoms with Crippen molar-refractivity contribution in [1.29, 1.82) is 0 Å². The molecule has 0 bridgehead atoms. The Morgan fingerprint density at radius 3 is 0.843 bits per heavy atom. The van der Waals surface area contributed by atoms with Gasteiger partial charge >= 0.3 is 0 Å². The average molecular weight is 729 g/mol. The SMILES string of the molecule is CCCCCCCCCCCCOCC(COCCCCCCCCCCCC)(COCC[N+](C)(C)CCCC)COCC[N+](C)(C)CCCC. The lowest BCUT2D eigenvalue weighted by Gasteiger charge is -2.35. The monoisotopic (exact) mass is 729 g/mol. The Balaban J connectivity index is 5.12. The van der Waals surface area contributed by atoms with Crippen LogP contribution in [0.2, 0.25) is 0 Å². The molecule has 308 valence electrons. The molecule has 0 radical (unpaired) electrons. The van der Waals surface area contributed by atoms with Crippen LogP contribution in [0.15, 0.2) is 0 Å². The van der Waals surface area contributed by atoms with Crippen molar-refractivity contribution in [2.45, 2.75) is 182 Å².